The van der Waals surface area contributed by atoms with Gasteiger partial charge in [-0.3, -0.25) is 5.84 Å². The van der Waals surface area contributed by atoms with Crippen LogP contribution in [0.1, 0.15) is 58.8 Å². The fourth-order valence-corrected chi connectivity index (χ4v) is 1.49. The molecule has 0 unspecified atom stereocenters. The van der Waals surface area contributed by atoms with Crippen molar-refractivity contribution in [2.75, 3.05) is 13.1 Å². The lowest BCUT2D eigenvalue weighted by Crippen LogP contribution is -2.32. The van der Waals surface area contributed by atoms with Crippen molar-refractivity contribution >= 4 is 0 Å². The van der Waals surface area contributed by atoms with E-state index in [0.717, 1.165) is 19.5 Å². The summed E-state index contributed by atoms with van der Waals surface area (Å²) in [6.07, 6.45) is 9.27. The SMILES string of the molecule is CCCCCCCCN(N)CCC. The molecular formula is C11H26N2. The lowest BCUT2D eigenvalue weighted by Gasteiger charge is -2.14. The summed E-state index contributed by atoms with van der Waals surface area (Å²) >= 11 is 0. The van der Waals surface area contributed by atoms with Crippen LogP contribution in [0.15, 0.2) is 0 Å². The van der Waals surface area contributed by atoms with Crippen LogP contribution >= 0.6 is 0 Å². The van der Waals surface area contributed by atoms with Gasteiger partial charge in [-0.2, -0.15) is 0 Å². The van der Waals surface area contributed by atoms with Crippen LogP contribution in [0.3, 0.4) is 0 Å². The second kappa shape index (κ2) is 10.0. The fourth-order valence-electron chi connectivity index (χ4n) is 1.49. The van der Waals surface area contributed by atoms with Crippen LogP contribution < -0.4 is 5.84 Å². The van der Waals surface area contributed by atoms with Gasteiger partial charge in [0.25, 0.3) is 0 Å². The molecular weight excluding hydrogens is 160 g/mol. The maximum absolute atomic E-state index is 5.76. The predicted octanol–water partition coefficient (Wildman–Crippen LogP) is 2.93. The Morgan fingerprint density at radius 3 is 2.00 bits per heavy atom. The van der Waals surface area contributed by atoms with Crippen LogP contribution in [0.4, 0.5) is 0 Å². The maximum Gasteiger partial charge on any atom is 0.0128 e. The summed E-state index contributed by atoms with van der Waals surface area (Å²) in [4.78, 5) is 0. The summed E-state index contributed by atoms with van der Waals surface area (Å²) < 4.78 is 0. The number of nitrogens with zero attached hydrogens (tertiary/aromatic N) is 1. The summed E-state index contributed by atoms with van der Waals surface area (Å²) in [6.45, 7) is 6.53. The highest BCUT2D eigenvalue weighted by molar-refractivity contribution is 4.49. The van der Waals surface area contributed by atoms with E-state index in [9.17, 15) is 0 Å². The Morgan fingerprint density at radius 2 is 1.38 bits per heavy atom. The summed E-state index contributed by atoms with van der Waals surface area (Å²) in [6, 6.07) is 0. The Bertz CT molecular complexity index is 94.1. The molecule has 0 amide bonds. The van der Waals surface area contributed by atoms with Gasteiger partial charge in [0, 0.05) is 13.1 Å². The van der Waals surface area contributed by atoms with Gasteiger partial charge in [0.1, 0.15) is 0 Å². The highest BCUT2D eigenvalue weighted by Crippen LogP contribution is 2.04. The van der Waals surface area contributed by atoms with Gasteiger partial charge in [-0.1, -0.05) is 46.0 Å². The lowest BCUT2D eigenvalue weighted by atomic mass is 10.1. The van der Waals surface area contributed by atoms with E-state index in [1.807, 2.05) is 5.01 Å². The van der Waals surface area contributed by atoms with Crippen LogP contribution in [0.2, 0.25) is 0 Å². The topological polar surface area (TPSA) is 29.3 Å². The average Bonchev–Trinajstić information content (AvgIpc) is 2.11. The Morgan fingerprint density at radius 1 is 0.769 bits per heavy atom. The number of unbranched alkanes of at least 4 members (excludes halogenated alkanes) is 5. The normalized spacial score (nSPS) is 11.1. The summed E-state index contributed by atoms with van der Waals surface area (Å²) in [5, 5.41) is 1.94. The Labute approximate surface area is 83.5 Å². The van der Waals surface area contributed by atoms with E-state index in [4.69, 9.17) is 5.84 Å². The molecule has 0 rings (SSSR count). The molecule has 13 heavy (non-hydrogen) atoms. The number of hydrogen-bond acceptors (Lipinski definition) is 2. The van der Waals surface area contributed by atoms with E-state index in [1.54, 1.807) is 0 Å². The third-order valence-electron chi connectivity index (χ3n) is 2.31. The van der Waals surface area contributed by atoms with E-state index < -0.39 is 0 Å². The minimum absolute atomic E-state index is 1.04. The van der Waals surface area contributed by atoms with Crippen LogP contribution in [0.5, 0.6) is 0 Å². The molecule has 0 spiro atoms. The van der Waals surface area contributed by atoms with Crippen molar-refractivity contribution in [3.05, 3.63) is 0 Å². The first-order chi connectivity index (χ1) is 6.31. The van der Waals surface area contributed by atoms with Gasteiger partial charge in [-0.15, -0.1) is 0 Å². The van der Waals surface area contributed by atoms with Gasteiger partial charge in [-0.05, 0) is 12.8 Å². The van der Waals surface area contributed by atoms with E-state index in [0.29, 0.717) is 0 Å². The van der Waals surface area contributed by atoms with Crippen molar-refractivity contribution in [3.8, 4) is 0 Å². The van der Waals surface area contributed by atoms with Gasteiger partial charge in [0.15, 0.2) is 0 Å². The molecule has 0 heterocycles. The molecule has 2 N–H and O–H groups in total. The van der Waals surface area contributed by atoms with E-state index >= 15 is 0 Å². The van der Waals surface area contributed by atoms with Crippen LogP contribution in [0, 0.1) is 0 Å². The van der Waals surface area contributed by atoms with Crippen molar-refractivity contribution in [2.24, 2.45) is 5.84 Å². The number of rotatable bonds is 9. The third kappa shape index (κ3) is 9.84. The van der Waals surface area contributed by atoms with Crippen molar-refractivity contribution < 1.29 is 0 Å². The zero-order valence-corrected chi connectivity index (χ0v) is 9.39. The molecule has 0 saturated heterocycles. The molecule has 0 aliphatic heterocycles. The zero-order chi connectivity index (χ0) is 9.94. The molecule has 0 aliphatic rings. The first-order valence-corrected chi connectivity index (χ1v) is 5.80. The van der Waals surface area contributed by atoms with Crippen LogP contribution in [-0.2, 0) is 0 Å². The van der Waals surface area contributed by atoms with Gasteiger partial charge < -0.3 is 0 Å². The summed E-state index contributed by atoms with van der Waals surface area (Å²) in [7, 11) is 0. The van der Waals surface area contributed by atoms with Crippen LogP contribution in [0.25, 0.3) is 0 Å². The maximum atomic E-state index is 5.76. The number of hydrazine groups is 1. The molecule has 2 heteroatoms. The summed E-state index contributed by atoms with van der Waals surface area (Å²) in [5.41, 5.74) is 0. The second-order valence-corrected chi connectivity index (χ2v) is 3.80. The van der Waals surface area contributed by atoms with Crippen molar-refractivity contribution in [2.45, 2.75) is 58.8 Å². The molecule has 0 saturated carbocycles. The largest absolute Gasteiger partial charge is 0.269 e. The molecule has 0 aromatic rings. The van der Waals surface area contributed by atoms with Crippen molar-refractivity contribution in [1.82, 2.24) is 5.01 Å². The minimum atomic E-state index is 1.04. The lowest BCUT2D eigenvalue weighted by molar-refractivity contribution is 0.276. The Hall–Kier alpha value is -0.0800. The van der Waals surface area contributed by atoms with Crippen molar-refractivity contribution in [3.63, 3.8) is 0 Å². The van der Waals surface area contributed by atoms with E-state index in [-0.39, 0.29) is 0 Å². The van der Waals surface area contributed by atoms with Gasteiger partial charge >= 0.3 is 0 Å². The highest BCUT2D eigenvalue weighted by atomic mass is 15.4. The number of nitrogens with two attached hydrogens (primary N) is 1. The first-order valence-electron chi connectivity index (χ1n) is 5.80. The molecule has 0 aromatic heterocycles. The monoisotopic (exact) mass is 186 g/mol. The Balaban J connectivity index is 2.97. The van der Waals surface area contributed by atoms with Gasteiger partial charge in [-0.25, -0.2) is 5.01 Å². The quantitative estimate of drug-likeness (QED) is 0.341. The highest BCUT2D eigenvalue weighted by Gasteiger charge is 1.96. The average molecular weight is 186 g/mol. The minimum Gasteiger partial charge on any atom is -0.269 e. The number of hydrogen-bond donors (Lipinski definition) is 1. The second-order valence-electron chi connectivity index (χ2n) is 3.80. The first kappa shape index (κ1) is 12.9. The van der Waals surface area contributed by atoms with E-state index in [2.05, 4.69) is 13.8 Å². The molecule has 0 bridgehead atoms. The fraction of sp³-hybridized carbons (Fsp3) is 1.00. The molecule has 0 aromatic carbocycles. The molecule has 0 atom stereocenters. The molecule has 0 fully saturated rings. The standard InChI is InChI=1S/C11H26N2/c1-3-5-6-7-8-9-11-13(12)10-4-2/h3-12H2,1-2H3. The molecule has 0 aliphatic carbocycles. The predicted molar refractivity (Wildman–Crippen MR) is 59.4 cm³/mol. The Kier molecular flexibility index (Phi) is 9.94. The van der Waals surface area contributed by atoms with Crippen LogP contribution in [-0.4, -0.2) is 18.1 Å². The smallest absolute Gasteiger partial charge is 0.0128 e. The van der Waals surface area contributed by atoms with Gasteiger partial charge in [0.05, 0.1) is 0 Å². The van der Waals surface area contributed by atoms with Crippen molar-refractivity contribution in [1.29, 1.82) is 0 Å². The third-order valence-corrected chi connectivity index (χ3v) is 2.31. The van der Waals surface area contributed by atoms with Gasteiger partial charge in [0.2, 0.25) is 0 Å². The van der Waals surface area contributed by atoms with E-state index in [1.165, 1.54) is 38.5 Å². The molecule has 2 nitrogen and oxygen atoms in total. The zero-order valence-electron chi connectivity index (χ0n) is 9.39. The molecule has 0 radical (unpaired) electrons. The molecule has 80 valence electrons. The summed E-state index contributed by atoms with van der Waals surface area (Å²) in [5.74, 6) is 5.76.